The van der Waals surface area contributed by atoms with E-state index in [0.717, 1.165) is 39.4 Å². The van der Waals surface area contributed by atoms with Crippen LogP contribution in [-0.2, 0) is 12.8 Å². The number of nitrogens with zero attached hydrogens (tertiary/aromatic N) is 3. The highest BCUT2D eigenvalue weighted by Crippen LogP contribution is 2.29. The topological polar surface area (TPSA) is 53.1 Å². The third kappa shape index (κ3) is 2.74. The summed E-state index contributed by atoms with van der Waals surface area (Å²) in [5.74, 6) is 3.33. The van der Waals surface area contributed by atoms with Gasteiger partial charge in [-0.1, -0.05) is 30.0 Å². The molecule has 0 aliphatic heterocycles. The second-order valence-electron chi connectivity index (χ2n) is 4.86. The minimum Gasteiger partial charge on any atom is -0.496 e. The zero-order valence-corrected chi connectivity index (χ0v) is 13.6. The average Bonchev–Trinajstić information content (AvgIpc) is 3.11. The van der Waals surface area contributed by atoms with E-state index in [1.807, 2.05) is 42.8 Å². The Labute approximate surface area is 133 Å². The van der Waals surface area contributed by atoms with Crippen molar-refractivity contribution in [1.29, 1.82) is 0 Å². The van der Waals surface area contributed by atoms with Crippen LogP contribution >= 0.6 is 11.8 Å². The van der Waals surface area contributed by atoms with Crippen molar-refractivity contribution in [3.05, 3.63) is 47.9 Å². The predicted octanol–water partition coefficient (Wildman–Crippen LogP) is 3.68. The second kappa shape index (κ2) is 6.27. The van der Waals surface area contributed by atoms with Crippen LogP contribution < -0.4 is 4.74 Å². The van der Waals surface area contributed by atoms with Crippen molar-refractivity contribution in [1.82, 2.24) is 14.8 Å². The van der Waals surface area contributed by atoms with Gasteiger partial charge in [0.1, 0.15) is 11.5 Å². The first kappa shape index (κ1) is 14.7. The highest BCUT2D eigenvalue weighted by molar-refractivity contribution is 7.98. The van der Waals surface area contributed by atoms with Crippen LogP contribution in [0.3, 0.4) is 0 Å². The molecule has 0 atom stereocenters. The van der Waals surface area contributed by atoms with Crippen LogP contribution in [0.15, 0.2) is 46.2 Å². The quantitative estimate of drug-likeness (QED) is 0.672. The standard InChI is InChI=1S/C16H17N3O2S/c1-11-13(8-9-21-11)15-17-18-16(19(15)2)22-10-12-6-4-5-7-14(12)20-3/h4-9H,10H2,1-3H3. The van der Waals surface area contributed by atoms with Gasteiger partial charge < -0.3 is 13.7 Å². The molecule has 0 aliphatic carbocycles. The normalized spacial score (nSPS) is 10.9. The molecule has 2 heterocycles. The Hall–Kier alpha value is -2.21. The molecule has 0 saturated carbocycles. The minimum absolute atomic E-state index is 0.778. The molecule has 0 fully saturated rings. The molecule has 114 valence electrons. The van der Waals surface area contributed by atoms with Crippen molar-refractivity contribution < 1.29 is 9.15 Å². The number of thioether (sulfide) groups is 1. The Morgan fingerprint density at radius 2 is 2.05 bits per heavy atom. The molecule has 1 aromatic carbocycles. The van der Waals surface area contributed by atoms with Crippen LogP contribution in [0, 0.1) is 6.92 Å². The van der Waals surface area contributed by atoms with Crippen LogP contribution in [0.2, 0.25) is 0 Å². The third-order valence-corrected chi connectivity index (χ3v) is 4.55. The van der Waals surface area contributed by atoms with Gasteiger partial charge in [0.05, 0.1) is 18.9 Å². The highest BCUT2D eigenvalue weighted by Gasteiger charge is 2.15. The molecular formula is C16H17N3O2S. The van der Waals surface area contributed by atoms with Crippen molar-refractivity contribution in [2.75, 3.05) is 7.11 Å². The summed E-state index contributed by atoms with van der Waals surface area (Å²) in [5.41, 5.74) is 2.11. The Bertz CT molecular complexity index is 779. The molecule has 0 saturated heterocycles. The maximum atomic E-state index is 5.38. The van der Waals surface area contributed by atoms with Crippen LogP contribution in [0.1, 0.15) is 11.3 Å². The van der Waals surface area contributed by atoms with Crippen molar-refractivity contribution in [3.63, 3.8) is 0 Å². The summed E-state index contributed by atoms with van der Waals surface area (Å²) in [6.45, 7) is 1.92. The molecule has 0 aliphatic rings. The number of aromatic nitrogens is 3. The number of furan rings is 1. The van der Waals surface area contributed by atoms with Gasteiger partial charge in [0.2, 0.25) is 0 Å². The molecule has 0 N–H and O–H groups in total. The zero-order chi connectivity index (χ0) is 15.5. The fourth-order valence-electron chi connectivity index (χ4n) is 2.26. The number of para-hydroxylation sites is 1. The molecule has 5 nitrogen and oxygen atoms in total. The lowest BCUT2D eigenvalue weighted by molar-refractivity contribution is 0.411. The first-order valence-electron chi connectivity index (χ1n) is 6.89. The van der Waals surface area contributed by atoms with Crippen LogP contribution in [0.25, 0.3) is 11.4 Å². The lowest BCUT2D eigenvalue weighted by Gasteiger charge is -2.07. The summed E-state index contributed by atoms with van der Waals surface area (Å²) in [5, 5.41) is 9.41. The first-order chi connectivity index (χ1) is 10.7. The van der Waals surface area contributed by atoms with Gasteiger partial charge in [-0.3, -0.25) is 0 Å². The minimum atomic E-state index is 0.778. The second-order valence-corrected chi connectivity index (χ2v) is 5.80. The summed E-state index contributed by atoms with van der Waals surface area (Å²) in [7, 11) is 3.65. The fourth-order valence-corrected chi connectivity index (χ4v) is 3.16. The van der Waals surface area contributed by atoms with E-state index in [0.29, 0.717) is 0 Å². The summed E-state index contributed by atoms with van der Waals surface area (Å²) in [6, 6.07) is 9.91. The van der Waals surface area contributed by atoms with Gasteiger partial charge in [0.15, 0.2) is 11.0 Å². The Balaban J connectivity index is 1.80. The van der Waals surface area contributed by atoms with E-state index in [1.54, 1.807) is 25.1 Å². The molecule has 3 aromatic rings. The number of rotatable bonds is 5. The molecule has 6 heteroatoms. The first-order valence-corrected chi connectivity index (χ1v) is 7.88. The molecule has 0 spiro atoms. The summed E-state index contributed by atoms with van der Waals surface area (Å²) >= 11 is 1.63. The van der Waals surface area contributed by atoms with E-state index in [-0.39, 0.29) is 0 Å². The van der Waals surface area contributed by atoms with Gasteiger partial charge in [0, 0.05) is 18.4 Å². The number of aryl methyl sites for hydroxylation is 1. The molecule has 0 unspecified atom stereocenters. The van der Waals surface area contributed by atoms with E-state index < -0.39 is 0 Å². The van der Waals surface area contributed by atoms with Crippen molar-refractivity contribution in [2.45, 2.75) is 17.8 Å². The van der Waals surface area contributed by atoms with Crippen molar-refractivity contribution >= 4 is 11.8 Å². The predicted molar refractivity (Wildman–Crippen MR) is 86.0 cm³/mol. The molecule has 0 bridgehead atoms. The maximum absolute atomic E-state index is 5.38. The van der Waals surface area contributed by atoms with Crippen LogP contribution in [0.5, 0.6) is 5.75 Å². The monoisotopic (exact) mass is 315 g/mol. The van der Waals surface area contributed by atoms with Gasteiger partial charge in [-0.2, -0.15) is 0 Å². The molecule has 2 aromatic heterocycles. The van der Waals surface area contributed by atoms with Gasteiger partial charge in [-0.15, -0.1) is 10.2 Å². The largest absolute Gasteiger partial charge is 0.496 e. The highest BCUT2D eigenvalue weighted by atomic mass is 32.2. The number of ether oxygens (including phenoxy) is 1. The lowest BCUT2D eigenvalue weighted by Crippen LogP contribution is -1.96. The molecule has 0 radical (unpaired) electrons. The number of benzene rings is 1. The third-order valence-electron chi connectivity index (χ3n) is 3.48. The van der Waals surface area contributed by atoms with E-state index in [2.05, 4.69) is 16.3 Å². The van der Waals surface area contributed by atoms with Crippen LogP contribution in [0.4, 0.5) is 0 Å². The Kier molecular flexibility index (Phi) is 4.20. The van der Waals surface area contributed by atoms with Gasteiger partial charge in [-0.05, 0) is 19.1 Å². The van der Waals surface area contributed by atoms with Crippen LogP contribution in [-0.4, -0.2) is 21.9 Å². The Morgan fingerprint density at radius 3 is 2.77 bits per heavy atom. The molecular weight excluding hydrogens is 298 g/mol. The summed E-state index contributed by atoms with van der Waals surface area (Å²) in [6.07, 6.45) is 1.67. The number of hydrogen-bond acceptors (Lipinski definition) is 5. The van der Waals surface area contributed by atoms with Gasteiger partial charge >= 0.3 is 0 Å². The molecule has 0 amide bonds. The zero-order valence-electron chi connectivity index (χ0n) is 12.7. The van der Waals surface area contributed by atoms with E-state index >= 15 is 0 Å². The van der Waals surface area contributed by atoms with E-state index in [1.165, 1.54) is 0 Å². The molecule has 22 heavy (non-hydrogen) atoms. The molecule has 3 rings (SSSR count). The van der Waals surface area contributed by atoms with E-state index in [9.17, 15) is 0 Å². The van der Waals surface area contributed by atoms with E-state index in [4.69, 9.17) is 9.15 Å². The van der Waals surface area contributed by atoms with Gasteiger partial charge in [-0.25, -0.2) is 0 Å². The number of hydrogen-bond donors (Lipinski definition) is 0. The fraction of sp³-hybridized carbons (Fsp3) is 0.250. The SMILES string of the molecule is COc1ccccc1CSc1nnc(-c2ccoc2C)n1C. The smallest absolute Gasteiger partial charge is 0.191 e. The maximum Gasteiger partial charge on any atom is 0.191 e. The average molecular weight is 315 g/mol. The summed E-state index contributed by atoms with van der Waals surface area (Å²) < 4.78 is 12.7. The summed E-state index contributed by atoms with van der Waals surface area (Å²) in [4.78, 5) is 0. The number of methoxy groups -OCH3 is 1. The lowest BCUT2D eigenvalue weighted by atomic mass is 10.2. The van der Waals surface area contributed by atoms with Gasteiger partial charge in [0.25, 0.3) is 0 Å². The van der Waals surface area contributed by atoms with Crippen molar-refractivity contribution in [2.24, 2.45) is 7.05 Å². The van der Waals surface area contributed by atoms with Crippen molar-refractivity contribution in [3.8, 4) is 17.1 Å². The Morgan fingerprint density at radius 1 is 1.23 bits per heavy atom.